The summed E-state index contributed by atoms with van der Waals surface area (Å²) in [6.45, 7) is 9.09. The molecule has 2 atom stereocenters. The SMILES string of the molecule is CCC(CC)c1cc(C(=O)N2CC3CN(Cc4ccccc4)CC3C2)on1. The van der Waals surface area contributed by atoms with E-state index < -0.39 is 0 Å². The van der Waals surface area contributed by atoms with E-state index in [4.69, 9.17) is 4.52 Å². The Morgan fingerprint density at radius 3 is 2.41 bits per heavy atom. The molecule has 0 N–H and O–H groups in total. The van der Waals surface area contributed by atoms with Crippen LogP contribution in [-0.4, -0.2) is 47.0 Å². The summed E-state index contributed by atoms with van der Waals surface area (Å²) in [5, 5.41) is 4.15. The van der Waals surface area contributed by atoms with Crippen LogP contribution >= 0.6 is 0 Å². The van der Waals surface area contributed by atoms with Crippen molar-refractivity contribution in [1.82, 2.24) is 15.0 Å². The van der Waals surface area contributed by atoms with Crippen LogP contribution in [0.2, 0.25) is 0 Å². The summed E-state index contributed by atoms with van der Waals surface area (Å²) < 4.78 is 5.39. The van der Waals surface area contributed by atoms with Crippen molar-refractivity contribution in [2.45, 2.75) is 39.2 Å². The zero-order valence-electron chi connectivity index (χ0n) is 16.3. The molecule has 2 aliphatic heterocycles. The van der Waals surface area contributed by atoms with Crippen LogP contribution < -0.4 is 0 Å². The van der Waals surface area contributed by atoms with E-state index in [2.05, 4.69) is 54.2 Å². The first kappa shape index (κ1) is 18.2. The molecule has 1 aromatic heterocycles. The molecule has 4 rings (SSSR count). The van der Waals surface area contributed by atoms with Gasteiger partial charge in [0.25, 0.3) is 5.91 Å². The van der Waals surface area contributed by atoms with Crippen LogP contribution in [0.1, 0.15) is 54.4 Å². The van der Waals surface area contributed by atoms with E-state index >= 15 is 0 Å². The van der Waals surface area contributed by atoms with Gasteiger partial charge in [-0.1, -0.05) is 49.3 Å². The van der Waals surface area contributed by atoms with Crippen molar-refractivity contribution in [2.24, 2.45) is 11.8 Å². The molecule has 0 aliphatic carbocycles. The van der Waals surface area contributed by atoms with Gasteiger partial charge in [-0.05, 0) is 30.2 Å². The molecule has 5 heteroatoms. The zero-order valence-corrected chi connectivity index (χ0v) is 16.3. The fourth-order valence-electron chi connectivity index (χ4n) is 4.67. The van der Waals surface area contributed by atoms with Gasteiger partial charge < -0.3 is 9.42 Å². The van der Waals surface area contributed by atoms with Crippen LogP contribution in [0, 0.1) is 11.8 Å². The average molecular weight is 367 g/mol. The van der Waals surface area contributed by atoms with Gasteiger partial charge in [0.2, 0.25) is 5.76 Å². The Bertz CT molecular complexity index is 755. The number of likely N-dealkylation sites (tertiary alicyclic amines) is 2. The van der Waals surface area contributed by atoms with Crippen molar-refractivity contribution in [3.05, 3.63) is 53.4 Å². The number of hydrogen-bond donors (Lipinski definition) is 0. The first-order chi connectivity index (χ1) is 13.2. The third-order valence-corrected chi connectivity index (χ3v) is 6.24. The topological polar surface area (TPSA) is 49.6 Å². The van der Waals surface area contributed by atoms with Gasteiger partial charge in [0.15, 0.2) is 0 Å². The molecule has 5 nitrogen and oxygen atoms in total. The number of amides is 1. The second-order valence-electron chi connectivity index (χ2n) is 8.04. The molecule has 0 spiro atoms. The maximum atomic E-state index is 12.8. The highest BCUT2D eigenvalue weighted by Gasteiger charge is 2.42. The summed E-state index contributed by atoms with van der Waals surface area (Å²) >= 11 is 0. The molecule has 1 aromatic carbocycles. The van der Waals surface area contributed by atoms with Crippen LogP contribution in [0.15, 0.2) is 40.9 Å². The lowest BCUT2D eigenvalue weighted by Crippen LogP contribution is -2.33. The predicted molar refractivity (Wildman–Crippen MR) is 104 cm³/mol. The van der Waals surface area contributed by atoms with E-state index in [1.165, 1.54) is 5.56 Å². The van der Waals surface area contributed by atoms with Crippen molar-refractivity contribution in [3.8, 4) is 0 Å². The summed E-state index contributed by atoms with van der Waals surface area (Å²) in [6, 6.07) is 12.5. The smallest absolute Gasteiger partial charge is 0.292 e. The Hall–Kier alpha value is -2.14. The van der Waals surface area contributed by atoms with Crippen molar-refractivity contribution >= 4 is 5.91 Å². The predicted octanol–water partition coefficient (Wildman–Crippen LogP) is 3.78. The van der Waals surface area contributed by atoms with E-state index in [-0.39, 0.29) is 5.91 Å². The molecular weight excluding hydrogens is 338 g/mol. The number of rotatable bonds is 6. The van der Waals surface area contributed by atoms with Crippen LogP contribution in [-0.2, 0) is 6.54 Å². The monoisotopic (exact) mass is 367 g/mol. The van der Waals surface area contributed by atoms with Crippen LogP contribution in [0.5, 0.6) is 0 Å². The van der Waals surface area contributed by atoms with Gasteiger partial charge in [-0.15, -0.1) is 0 Å². The molecule has 2 unspecified atom stereocenters. The summed E-state index contributed by atoms with van der Waals surface area (Å²) in [6.07, 6.45) is 2.03. The maximum absolute atomic E-state index is 12.8. The number of fused-ring (bicyclic) bond motifs is 1. The quantitative estimate of drug-likeness (QED) is 0.780. The lowest BCUT2D eigenvalue weighted by atomic mass is 9.99. The Balaban J connectivity index is 1.34. The third-order valence-electron chi connectivity index (χ3n) is 6.24. The largest absolute Gasteiger partial charge is 0.351 e. The fourth-order valence-corrected chi connectivity index (χ4v) is 4.67. The van der Waals surface area contributed by atoms with E-state index in [1.807, 2.05) is 11.0 Å². The highest BCUT2D eigenvalue weighted by molar-refractivity contribution is 5.91. The molecule has 2 saturated heterocycles. The normalized spacial score (nSPS) is 22.6. The van der Waals surface area contributed by atoms with Gasteiger partial charge in [-0.2, -0.15) is 0 Å². The zero-order chi connectivity index (χ0) is 18.8. The van der Waals surface area contributed by atoms with Gasteiger partial charge in [0.05, 0.1) is 5.69 Å². The number of hydrogen-bond acceptors (Lipinski definition) is 4. The summed E-state index contributed by atoms with van der Waals surface area (Å²) in [5.74, 6) is 1.92. The average Bonchev–Trinajstić information content (AvgIpc) is 3.38. The highest BCUT2D eigenvalue weighted by atomic mass is 16.5. The molecule has 2 aromatic rings. The molecule has 2 aliphatic rings. The number of benzene rings is 1. The summed E-state index contributed by atoms with van der Waals surface area (Å²) in [5.41, 5.74) is 2.28. The van der Waals surface area contributed by atoms with E-state index in [0.717, 1.165) is 51.3 Å². The van der Waals surface area contributed by atoms with Gasteiger partial charge >= 0.3 is 0 Å². The summed E-state index contributed by atoms with van der Waals surface area (Å²) in [4.78, 5) is 17.3. The Labute approximate surface area is 161 Å². The lowest BCUT2D eigenvalue weighted by Gasteiger charge is -2.20. The lowest BCUT2D eigenvalue weighted by molar-refractivity contribution is 0.0731. The standard InChI is InChI=1S/C22H29N3O2/c1-3-17(4-2)20-10-21(27-23-20)22(26)25-14-18-12-24(13-19(18)15-25)11-16-8-6-5-7-9-16/h5-10,17-19H,3-4,11-15H2,1-2H3. The first-order valence-electron chi connectivity index (χ1n) is 10.2. The van der Waals surface area contributed by atoms with E-state index in [0.29, 0.717) is 23.5 Å². The number of nitrogens with zero attached hydrogens (tertiary/aromatic N) is 3. The minimum absolute atomic E-state index is 0.00344. The van der Waals surface area contributed by atoms with Crippen molar-refractivity contribution in [3.63, 3.8) is 0 Å². The molecule has 3 heterocycles. The molecule has 2 fully saturated rings. The van der Waals surface area contributed by atoms with Crippen molar-refractivity contribution in [2.75, 3.05) is 26.2 Å². The van der Waals surface area contributed by atoms with Crippen LogP contribution in [0.25, 0.3) is 0 Å². The number of aromatic nitrogens is 1. The fraction of sp³-hybridized carbons (Fsp3) is 0.545. The Morgan fingerprint density at radius 2 is 1.78 bits per heavy atom. The summed E-state index contributed by atoms with van der Waals surface area (Å²) in [7, 11) is 0. The van der Waals surface area contributed by atoms with Crippen LogP contribution in [0.3, 0.4) is 0 Å². The molecular formula is C22H29N3O2. The van der Waals surface area contributed by atoms with Crippen molar-refractivity contribution < 1.29 is 9.32 Å². The van der Waals surface area contributed by atoms with Gasteiger partial charge in [0, 0.05) is 44.7 Å². The van der Waals surface area contributed by atoms with Crippen LogP contribution in [0.4, 0.5) is 0 Å². The van der Waals surface area contributed by atoms with E-state index in [1.54, 1.807) is 0 Å². The molecule has 0 radical (unpaired) electrons. The van der Waals surface area contributed by atoms with Gasteiger partial charge in [-0.3, -0.25) is 9.69 Å². The van der Waals surface area contributed by atoms with Crippen molar-refractivity contribution in [1.29, 1.82) is 0 Å². The van der Waals surface area contributed by atoms with Gasteiger partial charge in [0.1, 0.15) is 0 Å². The molecule has 0 bridgehead atoms. The second-order valence-corrected chi connectivity index (χ2v) is 8.04. The number of carbonyl (C=O) groups is 1. The molecule has 0 saturated carbocycles. The minimum atomic E-state index is 0.00344. The molecule has 1 amide bonds. The van der Waals surface area contributed by atoms with E-state index in [9.17, 15) is 4.79 Å². The molecule has 144 valence electrons. The third kappa shape index (κ3) is 3.79. The molecule has 27 heavy (non-hydrogen) atoms. The van der Waals surface area contributed by atoms with Gasteiger partial charge in [-0.25, -0.2) is 0 Å². The Kier molecular flexibility index (Phi) is 5.30. The number of carbonyl (C=O) groups excluding carboxylic acids is 1. The maximum Gasteiger partial charge on any atom is 0.292 e. The minimum Gasteiger partial charge on any atom is -0.351 e. The highest BCUT2D eigenvalue weighted by Crippen LogP contribution is 2.33. The Morgan fingerprint density at radius 1 is 1.11 bits per heavy atom. The second kappa shape index (κ2) is 7.85. The first-order valence-corrected chi connectivity index (χ1v) is 10.2.